The zero-order valence-electron chi connectivity index (χ0n) is 13.9. The topological polar surface area (TPSA) is 32.9 Å². The molecule has 0 amide bonds. The van der Waals surface area contributed by atoms with Crippen LogP contribution in [0.4, 0.5) is 0 Å². The van der Waals surface area contributed by atoms with Gasteiger partial charge in [0.05, 0.1) is 11.4 Å². The van der Waals surface area contributed by atoms with E-state index in [-0.39, 0.29) is 5.78 Å². The zero-order valence-corrected chi connectivity index (χ0v) is 15.5. The van der Waals surface area contributed by atoms with Gasteiger partial charge in [0.1, 0.15) is 0 Å². The molecule has 0 spiro atoms. The van der Waals surface area contributed by atoms with Gasteiger partial charge in [0, 0.05) is 26.4 Å². The van der Waals surface area contributed by atoms with E-state index in [0.717, 1.165) is 27.1 Å². The molecule has 0 saturated carbocycles. The van der Waals surface area contributed by atoms with E-state index in [0.29, 0.717) is 16.3 Å². The number of ketones is 1. The third-order valence-electron chi connectivity index (χ3n) is 4.23. The molecule has 1 heterocycles. The summed E-state index contributed by atoms with van der Waals surface area (Å²) in [4.78, 5) is 17.2. The minimum absolute atomic E-state index is 0.0935. The Morgan fingerprint density at radius 1 is 0.885 bits per heavy atom. The van der Waals surface area contributed by atoms with Crippen LogP contribution >= 0.6 is 23.4 Å². The van der Waals surface area contributed by atoms with Crippen LogP contribution in [-0.2, 0) is 0 Å². The van der Waals surface area contributed by atoms with Crippen molar-refractivity contribution in [3.8, 4) is 11.3 Å². The zero-order chi connectivity index (χ0) is 17.9. The van der Waals surface area contributed by atoms with Crippen LogP contribution in [0.3, 0.4) is 0 Å². The van der Waals surface area contributed by atoms with Gasteiger partial charge in [-0.3, -0.25) is 4.79 Å². The van der Waals surface area contributed by atoms with E-state index < -0.39 is 0 Å². The van der Waals surface area contributed by atoms with Gasteiger partial charge in [-0.05, 0) is 35.9 Å². The standard InChI is InChI=1S/C22H16ClNOS/c23-17-12-10-15(11-13-17)20(25)14-26-22-18-8-4-5-9-19(18)24-21(22)16-6-2-1-3-7-16/h1-13,24H,14H2. The third kappa shape index (κ3) is 3.41. The molecular formula is C22H16ClNOS. The van der Waals surface area contributed by atoms with Crippen molar-refractivity contribution in [3.05, 3.63) is 89.4 Å². The lowest BCUT2D eigenvalue weighted by Crippen LogP contribution is -2.01. The van der Waals surface area contributed by atoms with Crippen molar-refractivity contribution in [2.24, 2.45) is 0 Å². The summed E-state index contributed by atoms with van der Waals surface area (Å²) in [5, 5.41) is 1.78. The maximum absolute atomic E-state index is 12.6. The van der Waals surface area contributed by atoms with Crippen LogP contribution in [0.25, 0.3) is 22.2 Å². The van der Waals surface area contributed by atoms with E-state index in [1.807, 2.05) is 30.3 Å². The second kappa shape index (κ2) is 7.40. The quantitative estimate of drug-likeness (QED) is 0.319. The highest BCUT2D eigenvalue weighted by Gasteiger charge is 2.15. The highest BCUT2D eigenvalue weighted by molar-refractivity contribution is 8.00. The summed E-state index contributed by atoms with van der Waals surface area (Å²) < 4.78 is 0. The van der Waals surface area contributed by atoms with E-state index in [4.69, 9.17) is 11.6 Å². The van der Waals surface area contributed by atoms with Gasteiger partial charge in [-0.15, -0.1) is 11.8 Å². The first kappa shape index (κ1) is 17.0. The van der Waals surface area contributed by atoms with Gasteiger partial charge in [0.2, 0.25) is 0 Å². The number of hydrogen-bond acceptors (Lipinski definition) is 2. The predicted octanol–water partition coefficient (Wildman–Crippen LogP) is 6.46. The molecular weight excluding hydrogens is 362 g/mol. The third-order valence-corrected chi connectivity index (χ3v) is 5.61. The molecule has 1 aromatic heterocycles. The number of nitrogens with one attached hydrogen (secondary N) is 1. The van der Waals surface area contributed by atoms with Crippen LogP contribution < -0.4 is 0 Å². The summed E-state index contributed by atoms with van der Waals surface area (Å²) in [6.45, 7) is 0. The molecule has 0 atom stereocenters. The van der Waals surface area contributed by atoms with E-state index in [9.17, 15) is 4.79 Å². The fraction of sp³-hybridized carbons (Fsp3) is 0.0455. The van der Waals surface area contributed by atoms with E-state index in [1.54, 1.807) is 36.0 Å². The summed E-state index contributed by atoms with van der Waals surface area (Å²) in [7, 11) is 0. The molecule has 0 saturated heterocycles. The average molecular weight is 378 g/mol. The second-order valence-electron chi connectivity index (χ2n) is 5.96. The number of aromatic nitrogens is 1. The summed E-state index contributed by atoms with van der Waals surface area (Å²) in [6.07, 6.45) is 0. The maximum atomic E-state index is 12.6. The average Bonchev–Trinajstić information content (AvgIpc) is 3.06. The number of carbonyl (C=O) groups is 1. The monoisotopic (exact) mass is 377 g/mol. The molecule has 0 unspecified atom stereocenters. The van der Waals surface area contributed by atoms with Crippen LogP contribution in [0, 0.1) is 0 Å². The summed E-state index contributed by atoms with van der Waals surface area (Å²) in [5.41, 5.74) is 3.93. The van der Waals surface area contributed by atoms with E-state index in [1.165, 1.54) is 0 Å². The lowest BCUT2D eigenvalue weighted by molar-refractivity contribution is 0.102. The Bertz CT molecular complexity index is 1050. The number of benzene rings is 3. The molecule has 26 heavy (non-hydrogen) atoms. The number of aromatic amines is 1. The van der Waals surface area contributed by atoms with E-state index in [2.05, 4.69) is 29.2 Å². The van der Waals surface area contributed by atoms with Crippen molar-refractivity contribution < 1.29 is 4.79 Å². The Morgan fingerprint density at radius 2 is 1.58 bits per heavy atom. The molecule has 0 bridgehead atoms. The number of hydrogen-bond donors (Lipinski definition) is 1. The lowest BCUT2D eigenvalue weighted by Gasteiger charge is -2.05. The lowest BCUT2D eigenvalue weighted by atomic mass is 10.1. The summed E-state index contributed by atoms with van der Waals surface area (Å²) >= 11 is 7.48. The number of carbonyl (C=O) groups excluding carboxylic acids is 1. The van der Waals surface area contributed by atoms with Gasteiger partial charge in [-0.2, -0.15) is 0 Å². The fourth-order valence-corrected chi connectivity index (χ4v) is 4.15. The van der Waals surface area contributed by atoms with Crippen molar-refractivity contribution in [2.75, 3.05) is 5.75 Å². The normalized spacial score (nSPS) is 11.0. The summed E-state index contributed by atoms with van der Waals surface area (Å²) in [5.74, 6) is 0.472. The Balaban J connectivity index is 1.67. The number of Topliss-reactive ketones (excluding diaryl/α,β-unsaturated/α-hetero) is 1. The molecule has 2 nitrogen and oxygen atoms in total. The van der Waals surface area contributed by atoms with Crippen LogP contribution in [0.1, 0.15) is 10.4 Å². The number of halogens is 1. The highest BCUT2D eigenvalue weighted by atomic mass is 35.5. The minimum Gasteiger partial charge on any atom is -0.354 e. The molecule has 128 valence electrons. The first-order valence-corrected chi connectivity index (χ1v) is 9.66. The first-order chi connectivity index (χ1) is 12.7. The van der Waals surface area contributed by atoms with Gasteiger partial charge in [-0.25, -0.2) is 0 Å². The number of rotatable bonds is 5. The van der Waals surface area contributed by atoms with Crippen molar-refractivity contribution in [1.29, 1.82) is 0 Å². The molecule has 1 N–H and O–H groups in total. The van der Waals surface area contributed by atoms with Crippen LogP contribution in [0.5, 0.6) is 0 Å². The second-order valence-corrected chi connectivity index (χ2v) is 7.38. The fourth-order valence-electron chi connectivity index (χ4n) is 2.93. The van der Waals surface area contributed by atoms with Crippen LogP contribution in [-0.4, -0.2) is 16.5 Å². The van der Waals surface area contributed by atoms with Gasteiger partial charge in [0.15, 0.2) is 5.78 Å². The van der Waals surface area contributed by atoms with Gasteiger partial charge >= 0.3 is 0 Å². The largest absolute Gasteiger partial charge is 0.354 e. The van der Waals surface area contributed by atoms with Crippen molar-refractivity contribution in [1.82, 2.24) is 4.98 Å². The number of para-hydroxylation sites is 1. The Morgan fingerprint density at radius 3 is 2.35 bits per heavy atom. The van der Waals surface area contributed by atoms with Gasteiger partial charge in [-0.1, -0.05) is 60.1 Å². The van der Waals surface area contributed by atoms with Gasteiger partial charge < -0.3 is 4.98 Å². The van der Waals surface area contributed by atoms with Crippen LogP contribution in [0.2, 0.25) is 5.02 Å². The smallest absolute Gasteiger partial charge is 0.173 e. The Labute approximate surface area is 161 Å². The van der Waals surface area contributed by atoms with E-state index >= 15 is 0 Å². The first-order valence-electron chi connectivity index (χ1n) is 8.30. The molecule has 0 aliphatic carbocycles. The van der Waals surface area contributed by atoms with Crippen molar-refractivity contribution in [3.63, 3.8) is 0 Å². The van der Waals surface area contributed by atoms with Crippen molar-refractivity contribution in [2.45, 2.75) is 4.90 Å². The molecule has 0 fully saturated rings. The molecule has 0 aliphatic rings. The minimum atomic E-state index is 0.0935. The van der Waals surface area contributed by atoms with Crippen LogP contribution in [0.15, 0.2) is 83.8 Å². The molecule has 4 rings (SSSR count). The molecule has 4 aromatic rings. The summed E-state index contributed by atoms with van der Waals surface area (Å²) in [6, 6.07) is 25.5. The highest BCUT2D eigenvalue weighted by Crippen LogP contribution is 2.37. The molecule has 0 aliphatic heterocycles. The van der Waals surface area contributed by atoms with Gasteiger partial charge in [0.25, 0.3) is 0 Å². The SMILES string of the molecule is O=C(CSc1c(-c2ccccc2)[nH]c2ccccc12)c1ccc(Cl)cc1. The Kier molecular flexibility index (Phi) is 4.83. The Hall–Kier alpha value is -2.49. The molecule has 4 heteroatoms. The molecule has 0 radical (unpaired) electrons. The maximum Gasteiger partial charge on any atom is 0.173 e. The number of fused-ring (bicyclic) bond motifs is 1. The number of thioether (sulfide) groups is 1. The van der Waals surface area contributed by atoms with Crippen molar-refractivity contribution >= 4 is 40.0 Å². The molecule has 3 aromatic carbocycles. The number of H-pyrrole nitrogens is 1. The predicted molar refractivity (Wildman–Crippen MR) is 110 cm³/mol.